The summed E-state index contributed by atoms with van der Waals surface area (Å²) in [6.07, 6.45) is 3.04. The molecule has 2 aromatic carbocycles. The summed E-state index contributed by atoms with van der Waals surface area (Å²) in [6, 6.07) is 14.8. The number of nitrogens with two attached hydrogens (primary N) is 1. The van der Waals surface area contributed by atoms with E-state index < -0.39 is 17.2 Å². The van der Waals surface area contributed by atoms with Crippen LogP contribution in [-0.4, -0.2) is 46.8 Å². The Labute approximate surface area is 194 Å². The van der Waals surface area contributed by atoms with Gasteiger partial charge in [0, 0.05) is 49.6 Å². The number of aromatic carboxylic acids is 1. The van der Waals surface area contributed by atoms with Gasteiger partial charge in [0.25, 0.3) is 0 Å². The predicted octanol–water partition coefficient (Wildman–Crippen LogP) is 3.13. The van der Waals surface area contributed by atoms with Gasteiger partial charge in [0.15, 0.2) is 0 Å². The number of halogens is 1. The highest BCUT2D eigenvalue weighted by atomic mass is 19.1. The highest BCUT2D eigenvalue weighted by Crippen LogP contribution is 2.31. The molecule has 34 heavy (non-hydrogen) atoms. The third-order valence-corrected chi connectivity index (χ3v) is 6.08. The van der Waals surface area contributed by atoms with Gasteiger partial charge in [0.1, 0.15) is 17.2 Å². The molecular formula is C25H22FN5O3. The molecule has 1 aliphatic heterocycles. The van der Waals surface area contributed by atoms with E-state index in [0.717, 1.165) is 24.6 Å². The number of carboxylic acids is 1. The lowest BCUT2D eigenvalue weighted by Crippen LogP contribution is -2.47. The average Bonchev–Trinajstić information content (AvgIpc) is 2.85. The Morgan fingerprint density at radius 1 is 1.00 bits per heavy atom. The lowest BCUT2D eigenvalue weighted by molar-refractivity contribution is 0.0695. The minimum atomic E-state index is -1.34. The van der Waals surface area contributed by atoms with Gasteiger partial charge >= 0.3 is 5.97 Å². The van der Waals surface area contributed by atoms with Crippen LogP contribution in [0.15, 0.2) is 71.8 Å². The lowest BCUT2D eigenvalue weighted by Gasteiger charge is -2.37. The molecule has 0 unspecified atom stereocenters. The first-order chi connectivity index (χ1) is 16.4. The molecule has 1 aliphatic rings. The molecule has 5 rings (SSSR count). The van der Waals surface area contributed by atoms with Crippen molar-refractivity contribution in [1.29, 1.82) is 0 Å². The van der Waals surface area contributed by atoms with E-state index >= 15 is 0 Å². The van der Waals surface area contributed by atoms with Crippen molar-refractivity contribution in [1.82, 2.24) is 9.55 Å². The zero-order valence-electron chi connectivity index (χ0n) is 18.2. The summed E-state index contributed by atoms with van der Waals surface area (Å²) in [5.74, 6) is -0.834. The van der Waals surface area contributed by atoms with Gasteiger partial charge in [-0.3, -0.25) is 4.79 Å². The van der Waals surface area contributed by atoms with E-state index in [1.54, 1.807) is 16.8 Å². The van der Waals surface area contributed by atoms with Crippen LogP contribution in [0.25, 0.3) is 16.6 Å². The normalized spacial score (nSPS) is 13.9. The number of pyridine rings is 2. The Bertz CT molecular complexity index is 1430. The maximum atomic E-state index is 13.5. The summed E-state index contributed by atoms with van der Waals surface area (Å²) in [6.45, 7) is 2.88. The fourth-order valence-corrected chi connectivity index (χ4v) is 4.34. The second kappa shape index (κ2) is 8.51. The fraction of sp³-hybridized carbons (Fsp3) is 0.160. The standard InChI is InChI=1S/C25H22FN5O3/c26-16-4-6-17(7-5-16)31-15-19(25(33)34)24(32)18-13-20(27)22(14-21(18)31)29-9-11-30(12-10-29)23-3-1-2-8-28-23/h1-8,13-15H,9-12,27H2,(H,33,34). The summed E-state index contributed by atoms with van der Waals surface area (Å²) < 4.78 is 15.1. The Morgan fingerprint density at radius 3 is 2.35 bits per heavy atom. The van der Waals surface area contributed by atoms with E-state index in [-0.39, 0.29) is 10.9 Å². The SMILES string of the molecule is Nc1cc2c(=O)c(C(=O)O)cn(-c3ccc(F)cc3)c2cc1N1CCN(c2ccccn2)CC1. The second-order valence-corrected chi connectivity index (χ2v) is 8.11. The Kier molecular flexibility index (Phi) is 5.37. The summed E-state index contributed by atoms with van der Waals surface area (Å²) >= 11 is 0. The summed E-state index contributed by atoms with van der Waals surface area (Å²) in [4.78, 5) is 33.4. The molecule has 0 atom stereocenters. The van der Waals surface area contributed by atoms with Crippen molar-refractivity contribution in [3.8, 4) is 5.69 Å². The molecule has 0 amide bonds. The first-order valence-electron chi connectivity index (χ1n) is 10.8. The smallest absolute Gasteiger partial charge is 0.341 e. The van der Waals surface area contributed by atoms with Gasteiger partial charge in [-0.2, -0.15) is 0 Å². The van der Waals surface area contributed by atoms with E-state index in [1.807, 2.05) is 18.2 Å². The van der Waals surface area contributed by atoms with Crippen LogP contribution in [0.3, 0.4) is 0 Å². The molecule has 0 radical (unpaired) electrons. The van der Waals surface area contributed by atoms with Gasteiger partial charge in [-0.25, -0.2) is 14.2 Å². The second-order valence-electron chi connectivity index (χ2n) is 8.11. The highest BCUT2D eigenvalue weighted by Gasteiger charge is 2.22. The number of rotatable bonds is 4. The summed E-state index contributed by atoms with van der Waals surface area (Å²) in [7, 11) is 0. The first-order valence-corrected chi connectivity index (χ1v) is 10.8. The van der Waals surface area contributed by atoms with Crippen molar-refractivity contribution in [3.63, 3.8) is 0 Å². The molecule has 8 nitrogen and oxygen atoms in total. The molecule has 0 saturated carbocycles. The van der Waals surface area contributed by atoms with Crippen LogP contribution in [0.1, 0.15) is 10.4 Å². The number of aromatic nitrogens is 2. The largest absolute Gasteiger partial charge is 0.477 e. The molecule has 0 spiro atoms. The predicted molar refractivity (Wildman–Crippen MR) is 130 cm³/mol. The van der Waals surface area contributed by atoms with Crippen LogP contribution in [0, 0.1) is 5.82 Å². The van der Waals surface area contributed by atoms with Crippen molar-refractivity contribution in [2.75, 3.05) is 41.7 Å². The number of nitrogen functional groups attached to an aromatic ring is 1. The third-order valence-electron chi connectivity index (χ3n) is 6.08. The number of carboxylic acid groups (broad SMARTS) is 1. The van der Waals surface area contributed by atoms with Crippen molar-refractivity contribution < 1.29 is 14.3 Å². The number of carbonyl (C=O) groups is 1. The van der Waals surface area contributed by atoms with Crippen LogP contribution >= 0.6 is 0 Å². The molecule has 3 heterocycles. The fourth-order valence-electron chi connectivity index (χ4n) is 4.34. The topological polar surface area (TPSA) is 105 Å². The van der Waals surface area contributed by atoms with E-state index in [9.17, 15) is 19.1 Å². The van der Waals surface area contributed by atoms with Crippen LogP contribution < -0.4 is 21.0 Å². The van der Waals surface area contributed by atoms with Crippen LogP contribution in [0.2, 0.25) is 0 Å². The van der Waals surface area contributed by atoms with Gasteiger partial charge in [0.2, 0.25) is 5.43 Å². The number of nitrogens with zero attached hydrogens (tertiary/aromatic N) is 4. The monoisotopic (exact) mass is 459 g/mol. The van der Waals surface area contributed by atoms with Gasteiger partial charge in [0.05, 0.1) is 16.9 Å². The van der Waals surface area contributed by atoms with Crippen molar-refractivity contribution in [3.05, 3.63) is 88.6 Å². The molecule has 172 valence electrons. The Hall–Kier alpha value is -4.40. The minimum Gasteiger partial charge on any atom is -0.477 e. The summed E-state index contributed by atoms with van der Waals surface area (Å²) in [5.41, 5.74) is 7.54. The Morgan fingerprint density at radius 2 is 1.71 bits per heavy atom. The van der Waals surface area contributed by atoms with Crippen LogP contribution in [0.5, 0.6) is 0 Å². The molecular weight excluding hydrogens is 437 g/mol. The number of fused-ring (bicyclic) bond motifs is 1. The first kappa shape index (κ1) is 21.4. The van der Waals surface area contributed by atoms with Gasteiger partial charge in [-0.1, -0.05) is 6.07 Å². The molecule has 0 bridgehead atoms. The number of hydrogen-bond acceptors (Lipinski definition) is 6. The molecule has 9 heteroatoms. The lowest BCUT2D eigenvalue weighted by atomic mass is 10.1. The summed E-state index contributed by atoms with van der Waals surface area (Å²) in [5, 5.41) is 9.76. The molecule has 1 saturated heterocycles. The average molecular weight is 459 g/mol. The highest BCUT2D eigenvalue weighted by molar-refractivity contribution is 5.96. The number of hydrogen-bond donors (Lipinski definition) is 2. The minimum absolute atomic E-state index is 0.192. The number of piperazine rings is 1. The maximum Gasteiger partial charge on any atom is 0.341 e. The van der Waals surface area contributed by atoms with E-state index in [2.05, 4.69) is 14.8 Å². The maximum absolute atomic E-state index is 13.5. The van der Waals surface area contributed by atoms with E-state index in [4.69, 9.17) is 5.73 Å². The van der Waals surface area contributed by atoms with Crippen LogP contribution in [-0.2, 0) is 0 Å². The van der Waals surface area contributed by atoms with Crippen molar-refractivity contribution in [2.45, 2.75) is 0 Å². The number of anilines is 3. The molecule has 4 aromatic rings. The van der Waals surface area contributed by atoms with Crippen LogP contribution in [0.4, 0.5) is 21.6 Å². The van der Waals surface area contributed by atoms with E-state index in [1.165, 1.54) is 36.5 Å². The molecule has 0 aliphatic carbocycles. The molecule has 2 aromatic heterocycles. The van der Waals surface area contributed by atoms with Gasteiger partial charge in [-0.15, -0.1) is 0 Å². The van der Waals surface area contributed by atoms with Crippen molar-refractivity contribution in [2.24, 2.45) is 0 Å². The zero-order valence-corrected chi connectivity index (χ0v) is 18.2. The molecule has 1 fully saturated rings. The quantitative estimate of drug-likeness (QED) is 0.452. The van der Waals surface area contributed by atoms with Crippen molar-refractivity contribution >= 4 is 34.1 Å². The Balaban J connectivity index is 1.58. The van der Waals surface area contributed by atoms with Gasteiger partial charge in [-0.05, 0) is 48.5 Å². The molecule has 3 N–H and O–H groups in total. The number of benzene rings is 2. The zero-order chi connectivity index (χ0) is 23.8. The van der Waals surface area contributed by atoms with E-state index in [0.29, 0.717) is 30.0 Å². The third kappa shape index (κ3) is 3.81. The van der Waals surface area contributed by atoms with Gasteiger partial charge < -0.3 is 25.2 Å².